The van der Waals surface area contributed by atoms with Crippen LogP contribution in [0.1, 0.15) is 38.7 Å². The van der Waals surface area contributed by atoms with E-state index in [-0.39, 0.29) is 23.1 Å². The van der Waals surface area contributed by atoms with Crippen LogP contribution in [0.15, 0.2) is 30.3 Å². The van der Waals surface area contributed by atoms with E-state index in [4.69, 9.17) is 0 Å². The van der Waals surface area contributed by atoms with Crippen LogP contribution in [0.4, 0.5) is 0 Å². The summed E-state index contributed by atoms with van der Waals surface area (Å²) in [4.78, 5) is 29.3. The highest BCUT2D eigenvalue weighted by Gasteiger charge is 2.37. The topological polar surface area (TPSA) is 40.6 Å². The summed E-state index contributed by atoms with van der Waals surface area (Å²) < 4.78 is 0. The Morgan fingerprint density at radius 1 is 1.12 bits per heavy atom. The van der Waals surface area contributed by atoms with Gasteiger partial charge in [-0.2, -0.15) is 0 Å². The van der Waals surface area contributed by atoms with E-state index in [0.717, 1.165) is 44.5 Å². The Morgan fingerprint density at radius 3 is 2.54 bits per heavy atom. The van der Waals surface area contributed by atoms with Crippen LogP contribution in [0.25, 0.3) is 0 Å². The monoisotopic (exact) mass is 328 g/mol. The molecular formula is C20H28N2O2. The molecule has 1 aromatic rings. The van der Waals surface area contributed by atoms with Crippen LogP contribution in [0, 0.1) is 11.3 Å². The quantitative estimate of drug-likeness (QED) is 0.856. The molecule has 0 bridgehead atoms. The summed E-state index contributed by atoms with van der Waals surface area (Å²) in [6, 6.07) is 9.84. The van der Waals surface area contributed by atoms with Crippen LogP contribution in [-0.4, -0.2) is 47.8 Å². The highest BCUT2D eigenvalue weighted by atomic mass is 16.2. The molecule has 1 atom stereocenters. The standard InChI is InChI=1S/C20H28N2O2/c1-20(2)10-12-22(15-20)19(24)17-9-6-11-21(14-17)18(23)13-16-7-4-3-5-8-16/h3-5,7-8,17H,6,9-15H2,1-2H3/t17-/m1/s1. The van der Waals surface area contributed by atoms with Crippen LogP contribution in [0.2, 0.25) is 0 Å². The van der Waals surface area contributed by atoms with Crippen molar-refractivity contribution in [2.75, 3.05) is 26.2 Å². The molecule has 0 aromatic heterocycles. The molecule has 3 rings (SSSR count). The zero-order valence-corrected chi connectivity index (χ0v) is 14.8. The van der Waals surface area contributed by atoms with Gasteiger partial charge in [-0.05, 0) is 30.2 Å². The number of hydrogen-bond acceptors (Lipinski definition) is 2. The molecule has 4 nitrogen and oxygen atoms in total. The SMILES string of the molecule is CC1(C)CCN(C(=O)[C@@H]2CCCN(C(=O)Cc3ccccc3)C2)C1. The zero-order valence-electron chi connectivity index (χ0n) is 14.8. The fraction of sp³-hybridized carbons (Fsp3) is 0.600. The third-order valence-electron chi connectivity index (χ3n) is 5.31. The Morgan fingerprint density at radius 2 is 1.88 bits per heavy atom. The first kappa shape index (κ1) is 17.0. The second-order valence-corrected chi connectivity index (χ2v) is 8.02. The maximum atomic E-state index is 12.8. The van der Waals surface area contributed by atoms with Crippen LogP contribution >= 0.6 is 0 Å². The van der Waals surface area contributed by atoms with E-state index in [1.54, 1.807) is 0 Å². The Bertz CT molecular complexity index is 597. The lowest BCUT2D eigenvalue weighted by molar-refractivity contribution is -0.140. The molecule has 0 saturated carbocycles. The summed E-state index contributed by atoms with van der Waals surface area (Å²) >= 11 is 0. The van der Waals surface area contributed by atoms with Gasteiger partial charge in [-0.25, -0.2) is 0 Å². The van der Waals surface area contributed by atoms with Gasteiger partial charge in [0, 0.05) is 26.2 Å². The number of nitrogens with zero attached hydrogens (tertiary/aromatic N) is 2. The molecule has 2 heterocycles. The van der Waals surface area contributed by atoms with Crippen LogP contribution in [0.5, 0.6) is 0 Å². The number of piperidine rings is 1. The Kier molecular flexibility index (Phi) is 4.93. The lowest BCUT2D eigenvalue weighted by Gasteiger charge is -2.34. The fourth-order valence-corrected chi connectivity index (χ4v) is 3.85. The summed E-state index contributed by atoms with van der Waals surface area (Å²) in [6.45, 7) is 7.51. The summed E-state index contributed by atoms with van der Waals surface area (Å²) in [7, 11) is 0. The molecule has 2 fully saturated rings. The number of carbonyl (C=O) groups excluding carboxylic acids is 2. The predicted octanol–water partition coefficient (Wildman–Crippen LogP) is 2.73. The van der Waals surface area contributed by atoms with Crippen LogP contribution in [-0.2, 0) is 16.0 Å². The van der Waals surface area contributed by atoms with E-state index >= 15 is 0 Å². The van der Waals surface area contributed by atoms with E-state index in [1.807, 2.05) is 40.1 Å². The number of hydrogen-bond donors (Lipinski definition) is 0. The molecule has 0 radical (unpaired) electrons. The summed E-state index contributed by atoms with van der Waals surface area (Å²) in [5.41, 5.74) is 1.27. The molecule has 130 valence electrons. The summed E-state index contributed by atoms with van der Waals surface area (Å²) in [5, 5.41) is 0. The number of benzene rings is 1. The van der Waals surface area contributed by atoms with Crippen molar-refractivity contribution in [3.05, 3.63) is 35.9 Å². The molecule has 0 spiro atoms. The van der Waals surface area contributed by atoms with E-state index in [1.165, 1.54) is 0 Å². The fourth-order valence-electron chi connectivity index (χ4n) is 3.85. The molecule has 2 amide bonds. The van der Waals surface area contributed by atoms with E-state index in [2.05, 4.69) is 13.8 Å². The van der Waals surface area contributed by atoms with Gasteiger partial charge in [-0.15, -0.1) is 0 Å². The predicted molar refractivity (Wildman–Crippen MR) is 94.4 cm³/mol. The molecule has 1 aromatic carbocycles. The molecule has 2 saturated heterocycles. The van der Waals surface area contributed by atoms with Crippen molar-refractivity contribution >= 4 is 11.8 Å². The van der Waals surface area contributed by atoms with Crippen LogP contribution in [0.3, 0.4) is 0 Å². The molecule has 4 heteroatoms. The molecule has 24 heavy (non-hydrogen) atoms. The first-order valence-electron chi connectivity index (χ1n) is 9.05. The lowest BCUT2D eigenvalue weighted by Crippen LogP contribution is -2.46. The highest BCUT2D eigenvalue weighted by molar-refractivity contribution is 5.82. The first-order valence-corrected chi connectivity index (χ1v) is 9.05. The maximum absolute atomic E-state index is 12.8. The average molecular weight is 328 g/mol. The molecule has 2 aliphatic rings. The van der Waals surface area contributed by atoms with Crippen molar-refractivity contribution in [3.63, 3.8) is 0 Å². The van der Waals surface area contributed by atoms with Crippen molar-refractivity contribution in [1.29, 1.82) is 0 Å². The minimum absolute atomic E-state index is 0.0210. The average Bonchev–Trinajstić information content (AvgIpc) is 2.95. The van der Waals surface area contributed by atoms with Gasteiger partial charge in [0.15, 0.2) is 0 Å². The first-order chi connectivity index (χ1) is 11.4. The maximum Gasteiger partial charge on any atom is 0.227 e. The van der Waals surface area contributed by atoms with E-state index in [9.17, 15) is 9.59 Å². The van der Waals surface area contributed by atoms with Gasteiger partial charge < -0.3 is 9.80 Å². The zero-order chi connectivity index (χ0) is 17.2. The number of carbonyl (C=O) groups is 2. The Hall–Kier alpha value is -1.84. The third kappa shape index (κ3) is 3.97. The van der Waals surface area contributed by atoms with Crippen molar-refractivity contribution in [2.45, 2.75) is 39.5 Å². The van der Waals surface area contributed by atoms with Gasteiger partial charge in [-0.3, -0.25) is 9.59 Å². The van der Waals surface area contributed by atoms with E-state index in [0.29, 0.717) is 13.0 Å². The van der Waals surface area contributed by atoms with Gasteiger partial charge >= 0.3 is 0 Å². The summed E-state index contributed by atoms with van der Waals surface area (Å²) in [5.74, 6) is 0.366. The lowest BCUT2D eigenvalue weighted by atomic mass is 9.93. The summed E-state index contributed by atoms with van der Waals surface area (Å²) in [6.07, 6.45) is 3.33. The minimum Gasteiger partial charge on any atom is -0.342 e. The second-order valence-electron chi connectivity index (χ2n) is 8.02. The number of amides is 2. The Labute approximate surface area is 144 Å². The van der Waals surface area contributed by atoms with Crippen molar-refractivity contribution in [1.82, 2.24) is 9.80 Å². The van der Waals surface area contributed by atoms with Gasteiger partial charge in [-0.1, -0.05) is 44.2 Å². The van der Waals surface area contributed by atoms with Crippen molar-refractivity contribution in [3.8, 4) is 0 Å². The Balaban J connectivity index is 1.58. The van der Waals surface area contributed by atoms with Gasteiger partial charge in [0.1, 0.15) is 0 Å². The van der Waals surface area contributed by atoms with Gasteiger partial charge in [0.2, 0.25) is 11.8 Å². The van der Waals surface area contributed by atoms with Gasteiger partial charge in [0.25, 0.3) is 0 Å². The number of rotatable bonds is 3. The molecular weight excluding hydrogens is 300 g/mol. The molecule has 0 aliphatic carbocycles. The highest BCUT2D eigenvalue weighted by Crippen LogP contribution is 2.31. The van der Waals surface area contributed by atoms with Crippen molar-refractivity contribution < 1.29 is 9.59 Å². The van der Waals surface area contributed by atoms with Crippen molar-refractivity contribution in [2.24, 2.45) is 11.3 Å². The number of likely N-dealkylation sites (tertiary alicyclic amines) is 2. The normalized spacial score (nSPS) is 23.3. The van der Waals surface area contributed by atoms with Crippen LogP contribution < -0.4 is 0 Å². The smallest absolute Gasteiger partial charge is 0.227 e. The second kappa shape index (κ2) is 6.96. The molecule has 0 N–H and O–H groups in total. The largest absolute Gasteiger partial charge is 0.342 e. The minimum atomic E-state index is -0.0210. The van der Waals surface area contributed by atoms with Gasteiger partial charge in [0.05, 0.1) is 12.3 Å². The molecule has 0 unspecified atom stereocenters. The molecule has 2 aliphatic heterocycles. The van der Waals surface area contributed by atoms with E-state index < -0.39 is 0 Å². The third-order valence-corrected chi connectivity index (χ3v) is 5.31.